The van der Waals surface area contributed by atoms with Crippen LogP contribution in [0, 0.1) is 5.92 Å². The average molecular weight is 331 g/mol. The zero-order chi connectivity index (χ0) is 16.9. The number of nitrogens with one attached hydrogen (secondary N) is 1. The van der Waals surface area contributed by atoms with Gasteiger partial charge in [-0.1, -0.05) is 0 Å². The lowest BCUT2D eigenvalue weighted by atomic mass is 9.95. The number of rotatable bonds is 4. The lowest BCUT2D eigenvalue weighted by Gasteiger charge is -2.33. The van der Waals surface area contributed by atoms with Crippen molar-refractivity contribution in [2.75, 3.05) is 36.0 Å². The monoisotopic (exact) mass is 331 g/mol. The number of piperidine rings is 2. The van der Waals surface area contributed by atoms with Crippen molar-refractivity contribution in [3.05, 3.63) is 12.4 Å². The van der Waals surface area contributed by atoms with E-state index < -0.39 is 0 Å². The molecule has 2 saturated heterocycles. The van der Waals surface area contributed by atoms with Gasteiger partial charge in [-0.3, -0.25) is 4.79 Å². The van der Waals surface area contributed by atoms with E-state index in [0.717, 1.165) is 50.7 Å². The fourth-order valence-electron chi connectivity index (χ4n) is 3.54. The molecule has 1 N–H and O–H groups in total. The maximum absolute atomic E-state index is 12.1. The lowest BCUT2D eigenvalue weighted by Crippen LogP contribution is -2.42. The number of aromatic nitrogens is 2. The van der Waals surface area contributed by atoms with Crippen molar-refractivity contribution < 1.29 is 4.79 Å². The van der Waals surface area contributed by atoms with Gasteiger partial charge in [0, 0.05) is 38.1 Å². The molecular formula is C18H29N5O. The first-order valence-corrected chi connectivity index (χ1v) is 9.26. The highest BCUT2D eigenvalue weighted by Crippen LogP contribution is 2.24. The third kappa shape index (κ3) is 4.16. The lowest BCUT2D eigenvalue weighted by molar-refractivity contribution is -0.126. The molecule has 0 radical (unpaired) electrons. The molecule has 3 rings (SSSR count). The number of amides is 1. The molecule has 132 valence electrons. The minimum absolute atomic E-state index is 0.136. The highest BCUT2D eigenvalue weighted by Gasteiger charge is 2.25. The van der Waals surface area contributed by atoms with Gasteiger partial charge >= 0.3 is 0 Å². The molecule has 0 aromatic carbocycles. The van der Waals surface area contributed by atoms with E-state index in [9.17, 15) is 4.79 Å². The molecule has 6 nitrogen and oxygen atoms in total. The summed E-state index contributed by atoms with van der Waals surface area (Å²) >= 11 is 0. The average Bonchev–Trinajstić information content (AvgIpc) is 2.62. The van der Waals surface area contributed by atoms with E-state index in [2.05, 4.69) is 25.1 Å². The molecule has 2 aliphatic heterocycles. The summed E-state index contributed by atoms with van der Waals surface area (Å²) in [4.78, 5) is 25.8. The van der Waals surface area contributed by atoms with Crippen LogP contribution in [0.1, 0.15) is 46.0 Å². The Morgan fingerprint density at radius 2 is 1.67 bits per heavy atom. The van der Waals surface area contributed by atoms with Gasteiger partial charge < -0.3 is 15.1 Å². The van der Waals surface area contributed by atoms with Gasteiger partial charge in [-0.15, -0.1) is 0 Å². The predicted molar refractivity (Wildman–Crippen MR) is 96.3 cm³/mol. The standard InChI is InChI=1S/C18H29N5O/c1-14(2)21-17(24)15-6-10-22(11-7-15)16-12-19-18(20-13-16)23-8-4-3-5-9-23/h12-15H,3-11H2,1-2H3,(H,21,24). The Kier molecular flexibility index (Phi) is 5.53. The molecule has 0 unspecified atom stereocenters. The first-order chi connectivity index (χ1) is 11.6. The van der Waals surface area contributed by atoms with Crippen LogP contribution in [0.4, 0.5) is 11.6 Å². The molecule has 0 aliphatic carbocycles. The van der Waals surface area contributed by atoms with E-state index in [1.165, 1.54) is 19.3 Å². The van der Waals surface area contributed by atoms with Crippen molar-refractivity contribution in [2.45, 2.75) is 52.0 Å². The van der Waals surface area contributed by atoms with Gasteiger partial charge in [-0.2, -0.15) is 0 Å². The quantitative estimate of drug-likeness (QED) is 0.916. The number of nitrogens with zero attached hydrogens (tertiary/aromatic N) is 4. The normalized spacial score (nSPS) is 19.6. The molecule has 2 aliphatic rings. The molecule has 24 heavy (non-hydrogen) atoms. The van der Waals surface area contributed by atoms with Gasteiger partial charge in [0.1, 0.15) is 0 Å². The second-order valence-corrected chi connectivity index (χ2v) is 7.21. The Labute approximate surface area is 144 Å². The summed E-state index contributed by atoms with van der Waals surface area (Å²) in [6, 6.07) is 0.214. The Balaban J connectivity index is 1.53. The van der Waals surface area contributed by atoms with E-state index >= 15 is 0 Å². The molecule has 1 aromatic heterocycles. The van der Waals surface area contributed by atoms with Crippen LogP contribution in [-0.2, 0) is 4.79 Å². The summed E-state index contributed by atoms with van der Waals surface area (Å²) in [7, 11) is 0. The van der Waals surface area contributed by atoms with Crippen LogP contribution in [0.25, 0.3) is 0 Å². The van der Waals surface area contributed by atoms with Crippen LogP contribution in [0.2, 0.25) is 0 Å². The SMILES string of the molecule is CC(C)NC(=O)C1CCN(c2cnc(N3CCCCC3)nc2)CC1. The Hall–Kier alpha value is -1.85. The molecule has 0 saturated carbocycles. The summed E-state index contributed by atoms with van der Waals surface area (Å²) < 4.78 is 0. The van der Waals surface area contributed by atoms with E-state index in [1.54, 1.807) is 0 Å². The predicted octanol–water partition coefficient (Wildman–Crippen LogP) is 2.21. The number of hydrogen-bond acceptors (Lipinski definition) is 5. The minimum atomic E-state index is 0.136. The molecule has 1 aromatic rings. The van der Waals surface area contributed by atoms with Crippen LogP contribution in [0.15, 0.2) is 12.4 Å². The summed E-state index contributed by atoms with van der Waals surface area (Å²) in [5.74, 6) is 1.18. The van der Waals surface area contributed by atoms with Gasteiger partial charge in [0.2, 0.25) is 11.9 Å². The van der Waals surface area contributed by atoms with Crippen molar-refractivity contribution in [1.82, 2.24) is 15.3 Å². The fourth-order valence-corrected chi connectivity index (χ4v) is 3.54. The molecular weight excluding hydrogens is 302 g/mol. The number of hydrogen-bond donors (Lipinski definition) is 1. The van der Waals surface area contributed by atoms with E-state index in [0.29, 0.717) is 0 Å². The van der Waals surface area contributed by atoms with Crippen molar-refractivity contribution in [2.24, 2.45) is 5.92 Å². The third-order valence-electron chi connectivity index (χ3n) is 4.93. The summed E-state index contributed by atoms with van der Waals surface area (Å²) in [5.41, 5.74) is 1.07. The van der Waals surface area contributed by atoms with Crippen LogP contribution >= 0.6 is 0 Å². The van der Waals surface area contributed by atoms with Gasteiger partial charge in [-0.25, -0.2) is 9.97 Å². The molecule has 3 heterocycles. The first kappa shape index (κ1) is 17.0. The zero-order valence-corrected chi connectivity index (χ0v) is 14.9. The maximum atomic E-state index is 12.1. The van der Waals surface area contributed by atoms with Crippen LogP contribution in [-0.4, -0.2) is 48.1 Å². The van der Waals surface area contributed by atoms with E-state index in [1.807, 2.05) is 26.2 Å². The Morgan fingerprint density at radius 1 is 1.04 bits per heavy atom. The van der Waals surface area contributed by atoms with Gasteiger partial charge in [0.25, 0.3) is 0 Å². The Morgan fingerprint density at radius 3 is 2.25 bits per heavy atom. The van der Waals surface area contributed by atoms with Crippen LogP contribution in [0.3, 0.4) is 0 Å². The molecule has 0 bridgehead atoms. The minimum Gasteiger partial charge on any atom is -0.369 e. The highest BCUT2D eigenvalue weighted by molar-refractivity contribution is 5.79. The van der Waals surface area contributed by atoms with Crippen LogP contribution in [0.5, 0.6) is 0 Å². The number of anilines is 2. The van der Waals surface area contributed by atoms with Gasteiger partial charge in [0.05, 0.1) is 18.1 Å². The van der Waals surface area contributed by atoms with Crippen molar-refractivity contribution in [1.29, 1.82) is 0 Å². The molecule has 2 fully saturated rings. The van der Waals surface area contributed by atoms with Gasteiger partial charge in [-0.05, 0) is 46.0 Å². The van der Waals surface area contributed by atoms with Gasteiger partial charge in [0.15, 0.2) is 0 Å². The zero-order valence-electron chi connectivity index (χ0n) is 14.9. The van der Waals surface area contributed by atoms with Crippen molar-refractivity contribution in [3.63, 3.8) is 0 Å². The first-order valence-electron chi connectivity index (χ1n) is 9.26. The Bertz CT molecular complexity index is 531. The maximum Gasteiger partial charge on any atom is 0.225 e. The molecule has 0 spiro atoms. The number of carbonyl (C=O) groups excluding carboxylic acids is 1. The number of carbonyl (C=O) groups is 1. The molecule has 0 atom stereocenters. The summed E-state index contributed by atoms with van der Waals surface area (Å²) in [6.07, 6.45) is 9.44. The fraction of sp³-hybridized carbons (Fsp3) is 0.722. The van der Waals surface area contributed by atoms with Crippen molar-refractivity contribution >= 4 is 17.5 Å². The second-order valence-electron chi connectivity index (χ2n) is 7.21. The molecule has 1 amide bonds. The van der Waals surface area contributed by atoms with E-state index in [4.69, 9.17) is 0 Å². The van der Waals surface area contributed by atoms with Crippen molar-refractivity contribution in [3.8, 4) is 0 Å². The third-order valence-corrected chi connectivity index (χ3v) is 4.93. The largest absolute Gasteiger partial charge is 0.369 e. The molecule has 6 heteroatoms. The van der Waals surface area contributed by atoms with Crippen LogP contribution < -0.4 is 15.1 Å². The summed E-state index contributed by atoms with van der Waals surface area (Å²) in [6.45, 7) is 7.93. The van der Waals surface area contributed by atoms with E-state index in [-0.39, 0.29) is 17.9 Å². The topological polar surface area (TPSA) is 61.4 Å². The second kappa shape index (κ2) is 7.81. The summed E-state index contributed by atoms with van der Waals surface area (Å²) in [5, 5.41) is 3.02. The highest BCUT2D eigenvalue weighted by atomic mass is 16.1. The smallest absolute Gasteiger partial charge is 0.225 e.